The third-order valence-electron chi connectivity index (χ3n) is 8.42. The molecule has 1 unspecified atom stereocenters. The van der Waals surface area contributed by atoms with E-state index in [0.717, 1.165) is 53.9 Å². The van der Waals surface area contributed by atoms with Crippen molar-refractivity contribution in [1.29, 1.82) is 0 Å². The Bertz CT molecular complexity index is 1620. The molecule has 8 heteroatoms. The first-order chi connectivity index (χ1) is 21.0. The number of anilines is 3. The lowest BCUT2D eigenvalue weighted by Crippen LogP contribution is -2.38. The van der Waals surface area contributed by atoms with E-state index >= 15 is 0 Å². The number of nitro benzene ring substituents is 1. The maximum absolute atomic E-state index is 14.6. The molecule has 1 atom stereocenters. The molecule has 8 nitrogen and oxygen atoms in total. The van der Waals surface area contributed by atoms with Gasteiger partial charge in [0.15, 0.2) is 0 Å². The highest BCUT2D eigenvalue weighted by Crippen LogP contribution is 2.40. The van der Waals surface area contributed by atoms with Crippen molar-refractivity contribution < 1.29 is 9.72 Å². The second-order valence-electron chi connectivity index (χ2n) is 11.2. The molecule has 0 spiro atoms. The van der Waals surface area contributed by atoms with Gasteiger partial charge in [-0.1, -0.05) is 79.9 Å². The van der Waals surface area contributed by atoms with Crippen LogP contribution in [0.1, 0.15) is 61.8 Å². The molecule has 1 saturated carbocycles. The van der Waals surface area contributed by atoms with Crippen molar-refractivity contribution in [3.8, 4) is 0 Å². The maximum atomic E-state index is 14.6. The molecule has 1 fully saturated rings. The first kappa shape index (κ1) is 28.2. The van der Waals surface area contributed by atoms with Gasteiger partial charge in [0, 0.05) is 35.8 Å². The average molecular weight is 574 g/mol. The first-order valence-corrected chi connectivity index (χ1v) is 14.9. The van der Waals surface area contributed by atoms with Crippen LogP contribution in [0.5, 0.6) is 0 Å². The third-order valence-corrected chi connectivity index (χ3v) is 8.42. The van der Waals surface area contributed by atoms with Gasteiger partial charge in [0.05, 0.1) is 28.1 Å². The summed E-state index contributed by atoms with van der Waals surface area (Å²) in [6.07, 6.45) is 5.48. The summed E-state index contributed by atoms with van der Waals surface area (Å²) in [5, 5.41) is 21.8. The van der Waals surface area contributed by atoms with Crippen LogP contribution in [0.2, 0.25) is 0 Å². The second kappa shape index (κ2) is 12.5. The number of nitro groups is 1. The van der Waals surface area contributed by atoms with Crippen LogP contribution in [0, 0.1) is 16.0 Å². The number of nitrogens with one attached hydrogen (secondary N) is 1. The maximum Gasteiger partial charge on any atom is 0.350 e. The lowest BCUT2D eigenvalue weighted by atomic mass is 9.82. The van der Waals surface area contributed by atoms with Crippen LogP contribution in [-0.2, 0) is 6.54 Å². The summed E-state index contributed by atoms with van der Waals surface area (Å²) in [4.78, 5) is 27.2. The zero-order chi connectivity index (χ0) is 29.8. The Kier molecular flexibility index (Phi) is 8.18. The standard InChI is InChI=1S/C35H35N5O3/c1-25(27-13-7-3-8-14-27)39-35(41)38(30-18-20-31(21-19-30)40(42)43)33-22-17-29(36-24-26-11-5-2-6-12-26)23-32(33)34(37-39)28-15-9-4-10-16-28/h2-3,5-8,11-14,17-23,25,28,36H,4,9-10,15-16,24H2,1H3. The molecule has 0 bridgehead atoms. The van der Waals surface area contributed by atoms with Gasteiger partial charge in [-0.05, 0) is 61.2 Å². The zero-order valence-corrected chi connectivity index (χ0v) is 24.2. The van der Waals surface area contributed by atoms with Crippen LogP contribution in [0.3, 0.4) is 0 Å². The van der Waals surface area contributed by atoms with Gasteiger partial charge in [0.1, 0.15) is 0 Å². The van der Waals surface area contributed by atoms with E-state index in [1.165, 1.54) is 24.1 Å². The molecule has 1 N–H and O–H groups in total. The SMILES string of the molecule is CC(c1ccccc1)N1N=C(C2CCCCC2)c2cc(NCc3ccccc3)ccc2N(c2ccc([N+](=O)[O-])cc2)C1=O. The molecule has 1 aliphatic heterocycles. The Labute approximate surface area is 251 Å². The molecule has 218 valence electrons. The highest BCUT2D eigenvalue weighted by Gasteiger charge is 2.36. The number of carbonyl (C=O) groups excluding carboxylic acids is 1. The number of benzene rings is 4. The topological polar surface area (TPSA) is 91.1 Å². The van der Waals surface area contributed by atoms with Crippen LogP contribution in [0.15, 0.2) is 108 Å². The number of amides is 2. The van der Waals surface area contributed by atoms with E-state index < -0.39 is 4.92 Å². The van der Waals surface area contributed by atoms with E-state index in [-0.39, 0.29) is 23.7 Å². The molecule has 2 aliphatic rings. The Morgan fingerprint density at radius 2 is 1.58 bits per heavy atom. The highest BCUT2D eigenvalue weighted by atomic mass is 16.6. The molecule has 2 amide bonds. The predicted molar refractivity (Wildman–Crippen MR) is 171 cm³/mol. The van der Waals surface area contributed by atoms with Crippen molar-refractivity contribution in [2.75, 3.05) is 10.2 Å². The van der Waals surface area contributed by atoms with Crippen molar-refractivity contribution >= 4 is 34.5 Å². The largest absolute Gasteiger partial charge is 0.381 e. The molecule has 0 radical (unpaired) electrons. The van der Waals surface area contributed by atoms with Gasteiger partial charge in [0.2, 0.25) is 0 Å². The van der Waals surface area contributed by atoms with Gasteiger partial charge in [0.25, 0.3) is 5.69 Å². The van der Waals surface area contributed by atoms with Crippen LogP contribution in [0.4, 0.5) is 27.5 Å². The summed E-state index contributed by atoms with van der Waals surface area (Å²) in [5.74, 6) is 0.215. The molecule has 1 heterocycles. The molecule has 4 aromatic rings. The highest BCUT2D eigenvalue weighted by molar-refractivity contribution is 6.14. The van der Waals surface area contributed by atoms with Crippen molar-refractivity contribution in [1.82, 2.24) is 5.01 Å². The molecular weight excluding hydrogens is 538 g/mol. The van der Waals surface area contributed by atoms with Crippen LogP contribution in [-0.4, -0.2) is 21.7 Å². The molecule has 6 rings (SSSR count). The lowest BCUT2D eigenvalue weighted by molar-refractivity contribution is -0.384. The summed E-state index contributed by atoms with van der Waals surface area (Å²) >= 11 is 0. The van der Waals surface area contributed by atoms with Crippen LogP contribution in [0.25, 0.3) is 0 Å². The molecular formula is C35H35N5O3. The fraction of sp³-hybridized carbons (Fsp3) is 0.257. The van der Waals surface area contributed by atoms with E-state index in [1.54, 1.807) is 22.0 Å². The van der Waals surface area contributed by atoms with Crippen molar-refractivity contribution in [3.05, 3.63) is 130 Å². The fourth-order valence-corrected chi connectivity index (χ4v) is 6.04. The van der Waals surface area contributed by atoms with E-state index in [2.05, 4.69) is 23.5 Å². The van der Waals surface area contributed by atoms with Gasteiger partial charge in [-0.25, -0.2) is 9.80 Å². The van der Waals surface area contributed by atoms with Gasteiger partial charge in [-0.2, -0.15) is 5.10 Å². The molecule has 1 aliphatic carbocycles. The number of nitrogens with zero attached hydrogens (tertiary/aromatic N) is 4. The summed E-state index contributed by atoms with van der Waals surface area (Å²) in [5.41, 5.74) is 6.14. The van der Waals surface area contributed by atoms with Crippen LogP contribution < -0.4 is 10.2 Å². The minimum atomic E-state index is -0.430. The van der Waals surface area contributed by atoms with Crippen molar-refractivity contribution in [2.24, 2.45) is 11.0 Å². The van der Waals surface area contributed by atoms with Gasteiger partial charge in [-0.3, -0.25) is 15.0 Å². The molecule has 0 saturated heterocycles. The summed E-state index contributed by atoms with van der Waals surface area (Å²) in [6.45, 7) is 2.66. The number of rotatable bonds is 8. The average Bonchev–Trinajstić information content (AvgIpc) is 3.18. The molecule has 4 aromatic carbocycles. The van der Waals surface area contributed by atoms with Crippen LogP contribution >= 0.6 is 0 Å². The number of hydrogen-bond donors (Lipinski definition) is 1. The fourth-order valence-electron chi connectivity index (χ4n) is 6.04. The molecule has 43 heavy (non-hydrogen) atoms. The number of fused-ring (bicyclic) bond motifs is 1. The smallest absolute Gasteiger partial charge is 0.350 e. The Hall–Kier alpha value is -4.98. The number of hydrogen-bond acceptors (Lipinski definition) is 5. The van der Waals surface area contributed by atoms with Crippen molar-refractivity contribution in [2.45, 2.75) is 51.6 Å². The monoisotopic (exact) mass is 573 g/mol. The number of non-ortho nitro benzene ring substituents is 1. The Morgan fingerprint density at radius 3 is 2.26 bits per heavy atom. The van der Waals surface area contributed by atoms with E-state index in [4.69, 9.17) is 5.10 Å². The first-order valence-electron chi connectivity index (χ1n) is 14.9. The quantitative estimate of drug-likeness (QED) is 0.168. The van der Waals surface area contributed by atoms with Gasteiger partial charge in [-0.15, -0.1) is 0 Å². The Morgan fingerprint density at radius 1 is 0.907 bits per heavy atom. The number of urea groups is 1. The van der Waals surface area contributed by atoms with Crippen molar-refractivity contribution in [3.63, 3.8) is 0 Å². The lowest BCUT2D eigenvalue weighted by Gasteiger charge is -2.30. The summed E-state index contributed by atoms with van der Waals surface area (Å²) in [7, 11) is 0. The minimum absolute atomic E-state index is 0.0274. The third kappa shape index (κ3) is 6.00. The molecule has 0 aromatic heterocycles. The summed E-state index contributed by atoms with van der Waals surface area (Å²) in [6, 6.07) is 31.7. The number of hydrazone groups is 1. The van der Waals surface area contributed by atoms with Gasteiger partial charge >= 0.3 is 6.03 Å². The zero-order valence-electron chi connectivity index (χ0n) is 24.2. The predicted octanol–water partition coefficient (Wildman–Crippen LogP) is 8.83. The Balaban J connectivity index is 1.49. The summed E-state index contributed by atoms with van der Waals surface area (Å²) < 4.78 is 0. The second-order valence-corrected chi connectivity index (χ2v) is 11.2. The number of carbonyl (C=O) groups is 1. The van der Waals surface area contributed by atoms with Gasteiger partial charge < -0.3 is 5.32 Å². The normalized spacial score (nSPS) is 16.2. The minimum Gasteiger partial charge on any atom is -0.381 e. The van der Waals surface area contributed by atoms with E-state index in [1.807, 2.05) is 67.6 Å². The van der Waals surface area contributed by atoms with E-state index in [9.17, 15) is 14.9 Å². The van der Waals surface area contributed by atoms with E-state index in [0.29, 0.717) is 12.2 Å².